The van der Waals surface area contributed by atoms with Crippen LogP contribution in [-0.2, 0) is 26.8 Å². The van der Waals surface area contributed by atoms with Crippen LogP contribution in [0.15, 0.2) is 83.9 Å². The lowest BCUT2D eigenvalue weighted by Crippen LogP contribution is -2.34. The summed E-state index contributed by atoms with van der Waals surface area (Å²) in [4.78, 5) is 22.3. The predicted octanol–water partition coefficient (Wildman–Crippen LogP) is 4.47. The maximum Gasteiger partial charge on any atom is 0.240 e. The van der Waals surface area contributed by atoms with Crippen molar-refractivity contribution in [3.05, 3.63) is 95.9 Å². The number of nitrogens with zero attached hydrogens (tertiary/aromatic N) is 2. The van der Waals surface area contributed by atoms with E-state index < -0.39 is 15.4 Å². The van der Waals surface area contributed by atoms with Gasteiger partial charge in [0.2, 0.25) is 21.9 Å². The van der Waals surface area contributed by atoms with Crippen LogP contribution >= 0.6 is 0 Å². The van der Waals surface area contributed by atoms with Crippen LogP contribution in [0.1, 0.15) is 30.4 Å². The first-order chi connectivity index (χ1) is 19.8. The molecule has 1 saturated carbocycles. The minimum Gasteiger partial charge on any atom is -0.369 e. The number of aromatic nitrogens is 2. The predicted molar refractivity (Wildman–Crippen MR) is 155 cm³/mol. The number of anilines is 3. The summed E-state index contributed by atoms with van der Waals surface area (Å²) in [6, 6.07) is 20.6. The lowest BCUT2D eigenvalue weighted by atomic mass is 9.95. The van der Waals surface area contributed by atoms with Gasteiger partial charge in [-0.05, 0) is 66.3 Å². The van der Waals surface area contributed by atoms with Gasteiger partial charge in [-0.1, -0.05) is 42.5 Å². The highest BCUT2D eigenvalue weighted by Crippen LogP contribution is 2.48. The van der Waals surface area contributed by atoms with Crippen LogP contribution in [-0.4, -0.2) is 37.4 Å². The molecule has 2 heterocycles. The van der Waals surface area contributed by atoms with Crippen LogP contribution in [0.3, 0.4) is 0 Å². The van der Waals surface area contributed by atoms with E-state index in [2.05, 4.69) is 30.6 Å². The van der Waals surface area contributed by atoms with Gasteiger partial charge in [0.15, 0.2) is 0 Å². The summed E-state index contributed by atoms with van der Waals surface area (Å²) in [5.41, 5.74) is 3.24. The Kier molecular flexibility index (Phi) is 7.14. The van der Waals surface area contributed by atoms with Gasteiger partial charge in [0, 0.05) is 37.1 Å². The molecule has 4 N–H and O–H groups in total. The number of nitrogens with one attached hydrogen (secondary N) is 4. The van der Waals surface area contributed by atoms with Crippen molar-refractivity contribution >= 4 is 33.4 Å². The molecule has 1 aromatic heterocycles. The maximum atomic E-state index is 13.7. The standard InChI is InChI=1S/C30H29FN6O3S/c31-23-5-1-4-22(16-23)30(12-13-30)28(38)33-18-20-8-10-21(11-9-20)26-19-34-29-36-24-6-2-7-25(17-24)41(39,40)35-15-3-14-32-27(26)37-29/h1-2,4-11,16-17,19,35H,3,12-15,18H2,(H,33,38)(H2,32,34,36,37). The van der Waals surface area contributed by atoms with Crippen LogP contribution in [0.5, 0.6) is 0 Å². The Morgan fingerprint density at radius 3 is 2.59 bits per heavy atom. The summed E-state index contributed by atoms with van der Waals surface area (Å²) in [7, 11) is -3.62. The first-order valence-corrected chi connectivity index (χ1v) is 14.9. The molecule has 6 rings (SSSR count). The molecule has 0 spiro atoms. The van der Waals surface area contributed by atoms with Crippen molar-refractivity contribution in [2.45, 2.75) is 36.1 Å². The normalized spacial score (nSPS) is 17.0. The Bertz CT molecular complexity index is 1710. The van der Waals surface area contributed by atoms with Crippen LogP contribution < -0.4 is 20.7 Å². The van der Waals surface area contributed by atoms with E-state index in [0.29, 0.717) is 49.8 Å². The van der Waals surface area contributed by atoms with Crippen molar-refractivity contribution in [3.8, 4) is 11.1 Å². The minimum atomic E-state index is -3.62. The SMILES string of the molecule is O=C(NCc1ccc(-c2cnc3nc2NCCCNS(=O)(=O)c2cccc(c2)N3)cc1)C1(c2cccc(F)c2)CC1. The highest BCUT2D eigenvalue weighted by Gasteiger charge is 2.51. The zero-order valence-electron chi connectivity index (χ0n) is 22.2. The molecule has 4 aromatic rings. The smallest absolute Gasteiger partial charge is 0.240 e. The fraction of sp³-hybridized carbons (Fsp3) is 0.233. The molecule has 1 aliphatic heterocycles. The average Bonchev–Trinajstić information content (AvgIpc) is 3.78. The third-order valence-corrected chi connectivity index (χ3v) is 8.87. The van der Waals surface area contributed by atoms with Crippen molar-refractivity contribution in [2.24, 2.45) is 0 Å². The van der Waals surface area contributed by atoms with E-state index in [9.17, 15) is 17.6 Å². The van der Waals surface area contributed by atoms with Gasteiger partial charge in [0.1, 0.15) is 11.6 Å². The molecule has 0 radical (unpaired) electrons. The molecule has 1 fully saturated rings. The number of benzene rings is 3. The zero-order chi connectivity index (χ0) is 28.5. The van der Waals surface area contributed by atoms with Crippen molar-refractivity contribution < 1.29 is 17.6 Å². The van der Waals surface area contributed by atoms with Crippen LogP contribution in [0.4, 0.5) is 21.8 Å². The topological polar surface area (TPSA) is 125 Å². The Morgan fingerprint density at radius 2 is 1.80 bits per heavy atom. The maximum absolute atomic E-state index is 13.7. The third-order valence-electron chi connectivity index (χ3n) is 7.41. The van der Waals surface area contributed by atoms with Gasteiger partial charge in [0.05, 0.1) is 10.3 Å². The van der Waals surface area contributed by atoms with E-state index in [0.717, 1.165) is 22.3 Å². The van der Waals surface area contributed by atoms with E-state index in [1.165, 1.54) is 12.1 Å². The van der Waals surface area contributed by atoms with Crippen molar-refractivity contribution in [2.75, 3.05) is 23.7 Å². The highest BCUT2D eigenvalue weighted by atomic mass is 32.2. The molecule has 2 aliphatic rings. The fourth-order valence-corrected chi connectivity index (χ4v) is 6.07. The molecule has 1 amide bonds. The molecule has 0 saturated heterocycles. The minimum absolute atomic E-state index is 0.0908. The third kappa shape index (κ3) is 5.77. The molecule has 210 valence electrons. The lowest BCUT2D eigenvalue weighted by molar-refractivity contribution is -0.123. The van der Waals surface area contributed by atoms with Gasteiger partial charge in [-0.25, -0.2) is 22.5 Å². The summed E-state index contributed by atoms with van der Waals surface area (Å²) in [6.45, 7) is 1.14. The second kappa shape index (κ2) is 10.9. The molecule has 1 aliphatic carbocycles. The van der Waals surface area contributed by atoms with E-state index in [-0.39, 0.29) is 23.2 Å². The molecule has 4 bridgehead atoms. The number of carbonyl (C=O) groups excluding carboxylic acids is 1. The van der Waals surface area contributed by atoms with Crippen LogP contribution in [0, 0.1) is 5.82 Å². The van der Waals surface area contributed by atoms with Gasteiger partial charge in [-0.2, -0.15) is 4.98 Å². The molecule has 11 heteroatoms. The molecule has 0 atom stereocenters. The summed E-state index contributed by atoms with van der Waals surface area (Å²) in [5, 5.41) is 9.42. The molecule has 9 nitrogen and oxygen atoms in total. The van der Waals surface area contributed by atoms with Crippen molar-refractivity contribution in [1.29, 1.82) is 0 Å². The number of fused-ring (bicyclic) bond motifs is 4. The number of amides is 1. The van der Waals surface area contributed by atoms with Crippen LogP contribution in [0.25, 0.3) is 11.1 Å². The molecular formula is C30H29FN6O3S. The summed E-state index contributed by atoms with van der Waals surface area (Å²) in [5.74, 6) is 0.528. The van der Waals surface area contributed by atoms with Crippen molar-refractivity contribution in [3.63, 3.8) is 0 Å². The van der Waals surface area contributed by atoms with E-state index in [1.807, 2.05) is 30.3 Å². The second-order valence-electron chi connectivity index (χ2n) is 10.3. The number of rotatable bonds is 5. The van der Waals surface area contributed by atoms with E-state index >= 15 is 0 Å². The summed E-state index contributed by atoms with van der Waals surface area (Å²) in [6.07, 6.45) is 3.70. The molecule has 3 aromatic carbocycles. The Morgan fingerprint density at radius 1 is 1.00 bits per heavy atom. The summed E-state index contributed by atoms with van der Waals surface area (Å²) < 4.78 is 41.6. The Balaban J connectivity index is 1.18. The fourth-order valence-electron chi connectivity index (χ4n) is 4.95. The average molecular weight is 573 g/mol. The lowest BCUT2D eigenvalue weighted by Gasteiger charge is -2.16. The number of hydrogen-bond donors (Lipinski definition) is 4. The van der Waals surface area contributed by atoms with Gasteiger partial charge < -0.3 is 16.0 Å². The van der Waals surface area contributed by atoms with Gasteiger partial charge >= 0.3 is 0 Å². The number of hydrogen-bond acceptors (Lipinski definition) is 7. The molecule has 0 unspecified atom stereocenters. The van der Waals surface area contributed by atoms with Gasteiger partial charge in [0.25, 0.3) is 0 Å². The Labute approximate surface area is 237 Å². The zero-order valence-corrected chi connectivity index (χ0v) is 23.0. The van der Waals surface area contributed by atoms with E-state index in [4.69, 9.17) is 0 Å². The second-order valence-corrected chi connectivity index (χ2v) is 12.0. The monoisotopic (exact) mass is 572 g/mol. The quantitative estimate of drug-likeness (QED) is 0.278. The number of carbonyl (C=O) groups is 1. The molecular weight excluding hydrogens is 543 g/mol. The van der Waals surface area contributed by atoms with E-state index in [1.54, 1.807) is 36.5 Å². The molecule has 41 heavy (non-hydrogen) atoms. The number of halogens is 1. The first kappa shape index (κ1) is 26.9. The largest absolute Gasteiger partial charge is 0.369 e. The highest BCUT2D eigenvalue weighted by molar-refractivity contribution is 7.89. The Hall–Kier alpha value is -4.35. The number of sulfonamides is 1. The first-order valence-electron chi connectivity index (χ1n) is 13.4. The van der Waals surface area contributed by atoms with Crippen LogP contribution in [0.2, 0.25) is 0 Å². The van der Waals surface area contributed by atoms with Gasteiger partial charge in [-0.15, -0.1) is 0 Å². The van der Waals surface area contributed by atoms with Crippen molar-refractivity contribution in [1.82, 2.24) is 20.0 Å². The summed E-state index contributed by atoms with van der Waals surface area (Å²) >= 11 is 0. The van der Waals surface area contributed by atoms with Gasteiger partial charge in [-0.3, -0.25) is 4.79 Å².